The maximum absolute atomic E-state index is 11.5. The number of aromatic nitrogens is 3. The van der Waals surface area contributed by atoms with E-state index in [2.05, 4.69) is 20.3 Å². The zero-order valence-electron chi connectivity index (χ0n) is 13.1. The molecule has 1 aromatic rings. The number of carbonyl (C=O) groups is 1. The predicted molar refractivity (Wildman–Crippen MR) is 82.2 cm³/mol. The molecule has 1 saturated carbocycles. The first-order valence-corrected chi connectivity index (χ1v) is 7.37. The standard InChI is InChI=1S/C14H24N6O/c1-8(2)12-17-13(19-14(18-12)20(3)4)16-10-7-5-6-9(10)11(15)21/h8-10H,5-7H2,1-4H3,(H2,15,21)(H,16,17,18,19)/t9-,10-/m1/s1. The van der Waals surface area contributed by atoms with Crippen molar-refractivity contribution in [3.05, 3.63) is 5.82 Å². The second kappa shape index (κ2) is 6.24. The molecule has 7 heteroatoms. The molecule has 21 heavy (non-hydrogen) atoms. The molecule has 1 fully saturated rings. The molecule has 7 nitrogen and oxygen atoms in total. The molecule has 1 aliphatic carbocycles. The van der Waals surface area contributed by atoms with Crippen LogP contribution in [-0.4, -0.2) is 41.0 Å². The Morgan fingerprint density at radius 1 is 1.29 bits per heavy atom. The number of nitrogens with two attached hydrogens (primary N) is 1. The second-order valence-electron chi connectivity index (χ2n) is 6.06. The van der Waals surface area contributed by atoms with E-state index in [4.69, 9.17) is 5.73 Å². The summed E-state index contributed by atoms with van der Waals surface area (Å²) in [7, 11) is 3.79. The van der Waals surface area contributed by atoms with E-state index in [1.807, 2.05) is 32.8 Å². The number of primary amides is 1. The average Bonchev–Trinajstić information content (AvgIpc) is 2.86. The summed E-state index contributed by atoms with van der Waals surface area (Å²) in [5, 5.41) is 3.27. The van der Waals surface area contributed by atoms with Gasteiger partial charge in [-0.15, -0.1) is 0 Å². The molecule has 116 valence electrons. The van der Waals surface area contributed by atoms with Gasteiger partial charge < -0.3 is 16.0 Å². The third-order valence-electron chi connectivity index (χ3n) is 3.75. The van der Waals surface area contributed by atoms with Crippen LogP contribution in [0.4, 0.5) is 11.9 Å². The van der Waals surface area contributed by atoms with Crippen LogP contribution in [0.3, 0.4) is 0 Å². The minimum absolute atomic E-state index is 0.0138. The zero-order valence-corrected chi connectivity index (χ0v) is 13.1. The topological polar surface area (TPSA) is 97.0 Å². The minimum atomic E-state index is -0.254. The van der Waals surface area contributed by atoms with Crippen molar-refractivity contribution in [2.45, 2.75) is 45.1 Å². The van der Waals surface area contributed by atoms with Gasteiger partial charge in [0.25, 0.3) is 0 Å². The van der Waals surface area contributed by atoms with E-state index in [0.717, 1.165) is 25.1 Å². The maximum atomic E-state index is 11.5. The molecule has 1 amide bonds. The Morgan fingerprint density at radius 2 is 2.00 bits per heavy atom. The molecule has 0 aromatic carbocycles. The number of anilines is 2. The predicted octanol–water partition coefficient (Wildman–Crippen LogP) is 1.13. The normalized spacial score (nSPS) is 21.6. The number of amides is 1. The lowest BCUT2D eigenvalue weighted by Crippen LogP contribution is -2.35. The average molecular weight is 292 g/mol. The maximum Gasteiger partial charge on any atom is 0.229 e. The summed E-state index contributed by atoms with van der Waals surface area (Å²) in [5.74, 6) is 1.69. The Balaban J connectivity index is 2.24. The van der Waals surface area contributed by atoms with Gasteiger partial charge in [0.15, 0.2) is 0 Å². The number of carbonyl (C=O) groups excluding carboxylic acids is 1. The van der Waals surface area contributed by atoms with Crippen LogP contribution in [0.15, 0.2) is 0 Å². The molecule has 1 aromatic heterocycles. The summed E-state index contributed by atoms with van der Waals surface area (Å²) in [6, 6.07) is 0.0138. The highest BCUT2D eigenvalue weighted by molar-refractivity contribution is 5.78. The molecule has 3 N–H and O–H groups in total. The molecule has 1 heterocycles. The molecule has 2 rings (SSSR count). The first-order valence-electron chi connectivity index (χ1n) is 7.37. The van der Waals surface area contributed by atoms with Gasteiger partial charge in [-0.25, -0.2) is 0 Å². The summed E-state index contributed by atoms with van der Waals surface area (Å²) in [6.45, 7) is 4.08. The molecule has 0 radical (unpaired) electrons. The molecule has 0 spiro atoms. The van der Waals surface area contributed by atoms with Crippen LogP contribution in [0.25, 0.3) is 0 Å². The lowest BCUT2D eigenvalue weighted by atomic mass is 10.0. The van der Waals surface area contributed by atoms with Gasteiger partial charge >= 0.3 is 0 Å². The number of hydrogen-bond acceptors (Lipinski definition) is 6. The Labute approximate surface area is 125 Å². The number of hydrogen-bond donors (Lipinski definition) is 2. The van der Waals surface area contributed by atoms with Crippen molar-refractivity contribution in [2.75, 3.05) is 24.3 Å². The minimum Gasteiger partial charge on any atom is -0.369 e. The smallest absolute Gasteiger partial charge is 0.229 e. The SMILES string of the molecule is CC(C)c1nc(N[C@@H]2CCC[C@H]2C(N)=O)nc(N(C)C)n1. The molecule has 0 bridgehead atoms. The molecule has 0 aliphatic heterocycles. The van der Waals surface area contributed by atoms with Crippen molar-refractivity contribution in [2.24, 2.45) is 11.7 Å². The van der Waals surface area contributed by atoms with E-state index in [1.165, 1.54) is 0 Å². The van der Waals surface area contributed by atoms with Crippen LogP contribution in [0.1, 0.15) is 44.9 Å². The molecular weight excluding hydrogens is 268 g/mol. The van der Waals surface area contributed by atoms with Gasteiger partial charge in [0, 0.05) is 26.1 Å². The van der Waals surface area contributed by atoms with E-state index in [0.29, 0.717) is 11.9 Å². The number of nitrogens with zero attached hydrogens (tertiary/aromatic N) is 4. The highest BCUT2D eigenvalue weighted by Gasteiger charge is 2.32. The molecule has 2 atom stereocenters. The fourth-order valence-corrected chi connectivity index (χ4v) is 2.54. The summed E-state index contributed by atoms with van der Waals surface area (Å²) in [5.41, 5.74) is 5.46. The highest BCUT2D eigenvalue weighted by atomic mass is 16.1. The van der Waals surface area contributed by atoms with E-state index >= 15 is 0 Å². The van der Waals surface area contributed by atoms with Crippen molar-refractivity contribution in [3.63, 3.8) is 0 Å². The van der Waals surface area contributed by atoms with Crippen molar-refractivity contribution in [1.82, 2.24) is 15.0 Å². The first kappa shape index (κ1) is 15.5. The van der Waals surface area contributed by atoms with Crippen molar-refractivity contribution < 1.29 is 4.79 Å². The van der Waals surface area contributed by atoms with Gasteiger partial charge in [0.05, 0.1) is 5.92 Å². The summed E-state index contributed by atoms with van der Waals surface area (Å²) in [4.78, 5) is 26.6. The van der Waals surface area contributed by atoms with Crippen molar-refractivity contribution in [3.8, 4) is 0 Å². The van der Waals surface area contributed by atoms with Crippen molar-refractivity contribution in [1.29, 1.82) is 0 Å². The summed E-state index contributed by atoms with van der Waals surface area (Å²) < 4.78 is 0. The third kappa shape index (κ3) is 3.59. The van der Waals surface area contributed by atoms with Gasteiger partial charge in [-0.1, -0.05) is 20.3 Å². The Bertz CT molecular complexity index is 490. The van der Waals surface area contributed by atoms with Gasteiger partial charge in [-0.3, -0.25) is 4.79 Å². The van der Waals surface area contributed by atoms with Gasteiger partial charge in [0.2, 0.25) is 17.8 Å². The van der Waals surface area contributed by atoms with Crippen LogP contribution in [-0.2, 0) is 4.79 Å². The Kier molecular flexibility index (Phi) is 4.59. The van der Waals surface area contributed by atoms with Gasteiger partial charge in [-0.05, 0) is 12.8 Å². The Morgan fingerprint density at radius 3 is 2.57 bits per heavy atom. The van der Waals surface area contributed by atoms with Crippen LogP contribution >= 0.6 is 0 Å². The molecular formula is C14H24N6O. The zero-order chi connectivity index (χ0) is 15.6. The van der Waals surface area contributed by atoms with E-state index in [1.54, 1.807) is 0 Å². The van der Waals surface area contributed by atoms with Crippen LogP contribution in [0, 0.1) is 5.92 Å². The first-order chi connectivity index (χ1) is 9.88. The second-order valence-corrected chi connectivity index (χ2v) is 6.06. The van der Waals surface area contributed by atoms with Crippen LogP contribution in [0.2, 0.25) is 0 Å². The number of rotatable bonds is 5. The van der Waals surface area contributed by atoms with E-state index in [9.17, 15) is 4.79 Å². The third-order valence-corrected chi connectivity index (χ3v) is 3.75. The summed E-state index contributed by atoms with van der Waals surface area (Å²) >= 11 is 0. The van der Waals surface area contributed by atoms with E-state index < -0.39 is 0 Å². The molecule has 1 aliphatic rings. The fraction of sp³-hybridized carbons (Fsp3) is 0.714. The summed E-state index contributed by atoms with van der Waals surface area (Å²) in [6.07, 6.45) is 2.73. The number of nitrogens with one attached hydrogen (secondary N) is 1. The lowest BCUT2D eigenvalue weighted by Gasteiger charge is -2.20. The largest absolute Gasteiger partial charge is 0.369 e. The lowest BCUT2D eigenvalue weighted by molar-refractivity contribution is -0.121. The van der Waals surface area contributed by atoms with Crippen LogP contribution < -0.4 is 16.0 Å². The van der Waals surface area contributed by atoms with Gasteiger partial charge in [0.1, 0.15) is 5.82 Å². The molecule has 0 unspecified atom stereocenters. The van der Waals surface area contributed by atoms with E-state index in [-0.39, 0.29) is 23.8 Å². The molecule has 0 saturated heterocycles. The quantitative estimate of drug-likeness (QED) is 0.844. The van der Waals surface area contributed by atoms with Crippen molar-refractivity contribution >= 4 is 17.8 Å². The fourth-order valence-electron chi connectivity index (χ4n) is 2.54. The van der Waals surface area contributed by atoms with Gasteiger partial charge in [-0.2, -0.15) is 15.0 Å². The Hall–Kier alpha value is -1.92. The highest BCUT2D eigenvalue weighted by Crippen LogP contribution is 2.28. The van der Waals surface area contributed by atoms with Crippen LogP contribution in [0.5, 0.6) is 0 Å². The monoisotopic (exact) mass is 292 g/mol.